The lowest BCUT2D eigenvalue weighted by Crippen LogP contribution is -2.41. The number of rotatable bonds is 3. The SMILES string of the molecule is Cc1cc(NC(=O)N2C[C@@H]3[C@H](O)C(=O)N(Cc4ccccc4)[C@@H]3C2)ccc1Cl. The number of amides is 3. The second-order valence-corrected chi connectivity index (χ2v) is 7.83. The smallest absolute Gasteiger partial charge is 0.321 e. The van der Waals surface area contributed by atoms with Crippen LogP contribution in [0.25, 0.3) is 0 Å². The van der Waals surface area contributed by atoms with Gasteiger partial charge in [0.25, 0.3) is 5.91 Å². The number of hydrogen-bond donors (Lipinski definition) is 2. The molecule has 146 valence electrons. The normalized spacial score (nSPS) is 23.8. The van der Waals surface area contributed by atoms with Gasteiger partial charge < -0.3 is 20.2 Å². The van der Waals surface area contributed by atoms with Crippen LogP contribution in [0.1, 0.15) is 11.1 Å². The van der Waals surface area contributed by atoms with E-state index in [1.165, 1.54) is 0 Å². The largest absolute Gasteiger partial charge is 0.383 e. The van der Waals surface area contributed by atoms with E-state index in [1.807, 2.05) is 43.3 Å². The number of carbonyl (C=O) groups excluding carboxylic acids is 2. The van der Waals surface area contributed by atoms with E-state index in [4.69, 9.17) is 11.6 Å². The Kier molecular flexibility index (Phi) is 5.00. The highest BCUT2D eigenvalue weighted by molar-refractivity contribution is 6.31. The standard InChI is InChI=1S/C21H22ClN3O3/c1-13-9-15(7-8-17(13)22)23-21(28)24-11-16-18(12-24)25(20(27)19(16)26)10-14-5-3-2-4-6-14/h2-9,16,18-19,26H,10-12H2,1H3,(H,23,28)/t16-,18+,19-/m0/s1. The van der Waals surface area contributed by atoms with Crippen LogP contribution in [-0.4, -0.2) is 52.1 Å². The number of fused-ring (bicyclic) bond motifs is 1. The fraction of sp³-hybridized carbons (Fsp3) is 0.333. The molecule has 2 N–H and O–H groups in total. The molecule has 0 saturated carbocycles. The second-order valence-electron chi connectivity index (χ2n) is 7.43. The number of nitrogens with zero attached hydrogens (tertiary/aromatic N) is 2. The van der Waals surface area contributed by atoms with E-state index in [1.54, 1.807) is 21.9 Å². The molecule has 0 radical (unpaired) electrons. The average Bonchev–Trinajstić information content (AvgIpc) is 3.21. The van der Waals surface area contributed by atoms with Crippen molar-refractivity contribution in [3.8, 4) is 0 Å². The van der Waals surface area contributed by atoms with E-state index in [0.717, 1.165) is 11.1 Å². The summed E-state index contributed by atoms with van der Waals surface area (Å²) in [6.45, 7) is 3.06. The van der Waals surface area contributed by atoms with E-state index < -0.39 is 6.10 Å². The number of likely N-dealkylation sites (tertiary alicyclic amines) is 2. The van der Waals surface area contributed by atoms with Gasteiger partial charge in [-0.05, 0) is 36.2 Å². The lowest BCUT2D eigenvalue weighted by atomic mass is 10.0. The third kappa shape index (κ3) is 3.45. The third-order valence-electron chi connectivity index (χ3n) is 5.57. The Morgan fingerprint density at radius 2 is 1.96 bits per heavy atom. The minimum Gasteiger partial charge on any atom is -0.383 e. The minimum atomic E-state index is -1.07. The maximum atomic E-state index is 12.7. The van der Waals surface area contributed by atoms with Crippen LogP contribution in [0.5, 0.6) is 0 Å². The Morgan fingerprint density at radius 3 is 2.68 bits per heavy atom. The highest BCUT2D eigenvalue weighted by atomic mass is 35.5. The van der Waals surface area contributed by atoms with Gasteiger partial charge >= 0.3 is 6.03 Å². The monoisotopic (exact) mass is 399 g/mol. The first kappa shape index (κ1) is 18.8. The molecular formula is C21H22ClN3O3. The van der Waals surface area contributed by atoms with E-state index >= 15 is 0 Å². The Hall–Kier alpha value is -2.57. The zero-order valence-electron chi connectivity index (χ0n) is 15.5. The van der Waals surface area contributed by atoms with E-state index in [2.05, 4.69) is 5.32 Å². The van der Waals surface area contributed by atoms with Crippen molar-refractivity contribution in [2.75, 3.05) is 18.4 Å². The second kappa shape index (κ2) is 7.45. The number of urea groups is 1. The Bertz CT molecular complexity index is 905. The van der Waals surface area contributed by atoms with Crippen LogP contribution in [0, 0.1) is 12.8 Å². The van der Waals surface area contributed by atoms with Gasteiger partial charge in [-0.3, -0.25) is 4.79 Å². The van der Waals surface area contributed by atoms with Crippen LogP contribution >= 0.6 is 11.6 Å². The topological polar surface area (TPSA) is 72.9 Å². The van der Waals surface area contributed by atoms with Crippen LogP contribution in [0.15, 0.2) is 48.5 Å². The van der Waals surface area contributed by atoms with Crippen molar-refractivity contribution in [3.05, 3.63) is 64.7 Å². The van der Waals surface area contributed by atoms with Gasteiger partial charge in [0.1, 0.15) is 6.10 Å². The van der Waals surface area contributed by atoms with Gasteiger partial charge in [0.05, 0.1) is 6.04 Å². The molecule has 3 amide bonds. The Balaban J connectivity index is 1.46. The van der Waals surface area contributed by atoms with E-state index in [0.29, 0.717) is 30.3 Å². The summed E-state index contributed by atoms with van der Waals surface area (Å²) in [5, 5.41) is 13.9. The van der Waals surface area contributed by atoms with Gasteiger partial charge in [0, 0.05) is 36.3 Å². The molecule has 6 nitrogen and oxygen atoms in total. The zero-order valence-corrected chi connectivity index (χ0v) is 16.3. The fourth-order valence-corrected chi connectivity index (χ4v) is 4.15. The summed E-state index contributed by atoms with van der Waals surface area (Å²) in [4.78, 5) is 28.6. The van der Waals surface area contributed by atoms with E-state index in [9.17, 15) is 14.7 Å². The molecule has 7 heteroatoms. The number of aliphatic hydroxyl groups is 1. The van der Waals surface area contributed by atoms with Crippen molar-refractivity contribution in [1.29, 1.82) is 0 Å². The van der Waals surface area contributed by atoms with Gasteiger partial charge in [-0.2, -0.15) is 0 Å². The number of carbonyl (C=O) groups is 2. The molecular weight excluding hydrogens is 378 g/mol. The number of hydrogen-bond acceptors (Lipinski definition) is 3. The van der Waals surface area contributed by atoms with Gasteiger partial charge in [-0.1, -0.05) is 41.9 Å². The molecule has 4 rings (SSSR count). The number of nitrogens with one attached hydrogen (secondary N) is 1. The van der Waals surface area contributed by atoms with Crippen LogP contribution in [0.3, 0.4) is 0 Å². The van der Waals surface area contributed by atoms with Crippen LogP contribution in [0.4, 0.5) is 10.5 Å². The van der Waals surface area contributed by atoms with Crippen LogP contribution in [0.2, 0.25) is 5.02 Å². The Labute approximate surface area is 168 Å². The molecule has 2 aromatic carbocycles. The fourth-order valence-electron chi connectivity index (χ4n) is 4.03. The summed E-state index contributed by atoms with van der Waals surface area (Å²) < 4.78 is 0. The molecule has 2 aliphatic heterocycles. The Morgan fingerprint density at radius 1 is 1.21 bits per heavy atom. The van der Waals surface area contributed by atoms with Crippen molar-refractivity contribution >= 4 is 29.2 Å². The number of anilines is 1. The molecule has 0 spiro atoms. The molecule has 28 heavy (non-hydrogen) atoms. The molecule has 2 aliphatic rings. The first-order valence-corrected chi connectivity index (χ1v) is 9.66. The molecule has 0 aromatic heterocycles. The predicted octanol–water partition coefficient (Wildman–Crippen LogP) is 2.88. The first-order chi connectivity index (χ1) is 13.4. The highest BCUT2D eigenvalue weighted by Gasteiger charge is 2.52. The van der Waals surface area contributed by atoms with Crippen molar-refractivity contribution in [3.63, 3.8) is 0 Å². The average molecular weight is 400 g/mol. The maximum Gasteiger partial charge on any atom is 0.321 e. The van der Waals surface area contributed by atoms with Gasteiger partial charge in [-0.25, -0.2) is 4.79 Å². The van der Waals surface area contributed by atoms with E-state index in [-0.39, 0.29) is 23.9 Å². The van der Waals surface area contributed by atoms with Crippen molar-refractivity contribution in [2.45, 2.75) is 25.6 Å². The maximum absolute atomic E-state index is 12.7. The molecule has 0 bridgehead atoms. The summed E-state index contributed by atoms with van der Waals surface area (Å²) >= 11 is 6.03. The zero-order chi connectivity index (χ0) is 19.8. The summed E-state index contributed by atoms with van der Waals surface area (Å²) in [5.74, 6) is -0.527. The quantitative estimate of drug-likeness (QED) is 0.833. The molecule has 2 heterocycles. The molecule has 0 unspecified atom stereocenters. The summed E-state index contributed by atoms with van der Waals surface area (Å²) in [7, 11) is 0. The van der Waals surface area contributed by atoms with Crippen LogP contribution in [-0.2, 0) is 11.3 Å². The first-order valence-electron chi connectivity index (χ1n) is 9.28. The third-order valence-corrected chi connectivity index (χ3v) is 5.99. The van der Waals surface area contributed by atoms with Crippen molar-refractivity contribution in [1.82, 2.24) is 9.80 Å². The summed E-state index contributed by atoms with van der Waals surface area (Å²) in [6.07, 6.45) is -1.07. The van der Waals surface area contributed by atoms with Crippen molar-refractivity contribution in [2.24, 2.45) is 5.92 Å². The van der Waals surface area contributed by atoms with Gasteiger partial charge in [-0.15, -0.1) is 0 Å². The molecule has 2 saturated heterocycles. The molecule has 2 aromatic rings. The highest BCUT2D eigenvalue weighted by Crippen LogP contribution is 2.34. The number of halogens is 1. The lowest BCUT2D eigenvalue weighted by Gasteiger charge is -2.25. The number of benzene rings is 2. The van der Waals surface area contributed by atoms with Crippen molar-refractivity contribution < 1.29 is 14.7 Å². The van der Waals surface area contributed by atoms with Crippen LogP contribution < -0.4 is 5.32 Å². The molecule has 2 fully saturated rings. The summed E-state index contributed by atoms with van der Waals surface area (Å²) in [5.41, 5.74) is 2.55. The van der Waals surface area contributed by atoms with Gasteiger partial charge in [0.2, 0.25) is 0 Å². The number of aryl methyl sites for hydroxylation is 1. The minimum absolute atomic E-state index is 0.180. The lowest BCUT2D eigenvalue weighted by molar-refractivity contribution is -0.136. The molecule has 0 aliphatic carbocycles. The predicted molar refractivity (Wildman–Crippen MR) is 107 cm³/mol. The number of aliphatic hydroxyl groups excluding tert-OH is 1. The van der Waals surface area contributed by atoms with Gasteiger partial charge in [0.15, 0.2) is 0 Å². The molecule has 3 atom stereocenters. The summed E-state index contributed by atoms with van der Waals surface area (Å²) in [6, 6.07) is 14.6.